The van der Waals surface area contributed by atoms with Gasteiger partial charge in [-0.05, 0) is 13.0 Å². The van der Waals surface area contributed by atoms with Gasteiger partial charge < -0.3 is 4.74 Å². The van der Waals surface area contributed by atoms with Crippen LogP contribution in [0.2, 0.25) is 0 Å². The average Bonchev–Trinajstić information content (AvgIpc) is 2.25. The Bertz CT molecular complexity index is 511. The Morgan fingerprint density at radius 1 is 1.39 bits per heavy atom. The van der Waals surface area contributed by atoms with E-state index in [0.717, 1.165) is 20.1 Å². The van der Waals surface area contributed by atoms with Gasteiger partial charge in [0, 0.05) is 11.6 Å². The van der Waals surface area contributed by atoms with Crippen LogP contribution in [0.25, 0.3) is 0 Å². The molecule has 1 rings (SSSR count). The predicted octanol–water partition coefficient (Wildman–Crippen LogP) is 2.82. The standard InChI is InChI=1S/C10H8F3NO4/c1-5(15)6-3-7(14(16)17)9(10(11,12)13)8(4-6)18-2/h3-4H,1-2H3. The van der Waals surface area contributed by atoms with Crippen molar-refractivity contribution in [2.24, 2.45) is 0 Å². The third kappa shape index (κ3) is 2.58. The first kappa shape index (κ1) is 13.9. The van der Waals surface area contributed by atoms with Crippen LogP contribution in [0.15, 0.2) is 12.1 Å². The Morgan fingerprint density at radius 2 is 1.94 bits per heavy atom. The molecule has 0 fully saturated rings. The second kappa shape index (κ2) is 4.63. The van der Waals surface area contributed by atoms with Crippen molar-refractivity contribution in [1.29, 1.82) is 0 Å². The lowest BCUT2D eigenvalue weighted by atomic mass is 10.0. The molecule has 0 unspecified atom stereocenters. The molecule has 18 heavy (non-hydrogen) atoms. The molecule has 0 aliphatic rings. The number of hydrogen-bond donors (Lipinski definition) is 0. The normalized spacial score (nSPS) is 11.2. The summed E-state index contributed by atoms with van der Waals surface area (Å²) in [5.74, 6) is -1.34. The Hall–Kier alpha value is -2.12. The number of alkyl halides is 3. The highest BCUT2D eigenvalue weighted by Gasteiger charge is 2.42. The number of benzene rings is 1. The van der Waals surface area contributed by atoms with Crippen LogP contribution < -0.4 is 4.74 Å². The first-order valence-electron chi connectivity index (χ1n) is 4.63. The SMILES string of the molecule is COc1cc(C(C)=O)cc([N+](=O)[O-])c1C(F)(F)F. The summed E-state index contributed by atoms with van der Waals surface area (Å²) in [4.78, 5) is 20.5. The topological polar surface area (TPSA) is 69.4 Å². The second-order valence-corrected chi connectivity index (χ2v) is 3.38. The lowest BCUT2D eigenvalue weighted by molar-refractivity contribution is -0.388. The first-order chi connectivity index (χ1) is 8.18. The van der Waals surface area contributed by atoms with Gasteiger partial charge in [-0.15, -0.1) is 0 Å². The molecule has 0 saturated carbocycles. The van der Waals surface area contributed by atoms with E-state index in [4.69, 9.17) is 0 Å². The molecule has 0 saturated heterocycles. The Labute approximate surface area is 99.3 Å². The average molecular weight is 263 g/mol. The van der Waals surface area contributed by atoms with Gasteiger partial charge in [-0.3, -0.25) is 14.9 Å². The van der Waals surface area contributed by atoms with Crippen LogP contribution in [0, 0.1) is 10.1 Å². The van der Waals surface area contributed by atoms with Crippen LogP contribution in [-0.4, -0.2) is 17.8 Å². The maximum Gasteiger partial charge on any atom is 0.426 e. The van der Waals surface area contributed by atoms with Crippen molar-refractivity contribution in [1.82, 2.24) is 0 Å². The van der Waals surface area contributed by atoms with E-state index in [0.29, 0.717) is 6.07 Å². The fraction of sp³-hybridized carbons (Fsp3) is 0.300. The van der Waals surface area contributed by atoms with Crippen molar-refractivity contribution in [3.63, 3.8) is 0 Å². The van der Waals surface area contributed by atoms with E-state index in [-0.39, 0.29) is 5.56 Å². The molecule has 5 nitrogen and oxygen atoms in total. The number of ether oxygens (including phenoxy) is 1. The molecule has 0 spiro atoms. The number of Topliss-reactive ketones (excluding diaryl/α,β-unsaturated/α-hetero) is 1. The summed E-state index contributed by atoms with van der Waals surface area (Å²) in [6.45, 7) is 1.09. The Kier molecular flexibility index (Phi) is 3.59. The van der Waals surface area contributed by atoms with Crippen LogP contribution in [0.1, 0.15) is 22.8 Å². The van der Waals surface area contributed by atoms with E-state index in [2.05, 4.69) is 4.74 Å². The molecule has 1 aromatic carbocycles. The van der Waals surface area contributed by atoms with E-state index in [9.17, 15) is 28.1 Å². The van der Waals surface area contributed by atoms with Crippen molar-refractivity contribution < 1.29 is 27.6 Å². The van der Waals surface area contributed by atoms with E-state index in [1.54, 1.807) is 0 Å². The third-order valence-electron chi connectivity index (χ3n) is 2.19. The van der Waals surface area contributed by atoms with Crippen LogP contribution in [0.3, 0.4) is 0 Å². The highest BCUT2D eigenvalue weighted by Crippen LogP contribution is 2.43. The Balaban J connectivity index is 3.67. The second-order valence-electron chi connectivity index (χ2n) is 3.38. The number of carbonyl (C=O) groups is 1. The zero-order valence-corrected chi connectivity index (χ0v) is 9.37. The number of nitrogens with zero attached hydrogens (tertiary/aromatic N) is 1. The molecule has 0 heterocycles. The van der Waals surface area contributed by atoms with Gasteiger partial charge in [0.05, 0.1) is 12.0 Å². The lowest BCUT2D eigenvalue weighted by Gasteiger charge is -2.13. The molecule has 0 aromatic heterocycles. The molecule has 0 aliphatic carbocycles. The van der Waals surface area contributed by atoms with Crippen molar-refractivity contribution in [2.75, 3.05) is 7.11 Å². The van der Waals surface area contributed by atoms with E-state index >= 15 is 0 Å². The number of rotatable bonds is 3. The van der Waals surface area contributed by atoms with E-state index in [1.165, 1.54) is 0 Å². The zero-order valence-electron chi connectivity index (χ0n) is 9.37. The van der Waals surface area contributed by atoms with Gasteiger partial charge in [-0.1, -0.05) is 0 Å². The molecule has 0 bridgehead atoms. The number of nitro groups is 1. The maximum atomic E-state index is 12.7. The molecule has 0 aliphatic heterocycles. The molecule has 98 valence electrons. The highest BCUT2D eigenvalue weighted by atomic mass is 19.4. The van der Waals surface area contributed by atoms with Crippen molar-refractivity contribution in [2.45, 2.75) is 13.1 Å². The smallest absolute Gasteiger partial charge is 0.426 e. The summed E-state index contributed by atoms with van der Waals surface area (Å²) in [7, 11) is 0.943. The highest BCUT2D eigenvalue weighted by molar-refractivity contribution is 5.95. The number of halogens is 3. The largest absolute Gasteiger partial charge is 0.496 e. The monoisotopic (exact) mass is 263 g/mol. The minimum Gasteiger partial charge on any atom is -0.496 e. The Morgan fingerprint density at radius 3 is 2.28 bits per heavy atom. The lowest BCUT2D eigenvalue weighted by Crippen LogP contribution is -2.12. The zero-order chi connectivity index (χ0) is 14.1. The molecule has 0 N–H and O–H groups in total. The van der Waals surface area contributed by atoms with Gasteiger partial charge in [-0.2, -0.15) is 13.2 Å². The van der Waals surface area contributed by atoms with E-state index < -0.39 is 33.9 Å². The summed E-state index contributed by atoms with van der Waals surface area (Å²) in [6.07, 6.45) is -4.94. The number of hydrogen-bond acceptors (Lipinski definition) is 4. The summed E-state index contributed by atoms with van der Waals surface area (Å²) in [5.41, 5.74) is -2.92. The quantitative estimate of drug-likeness (QED) is 0.477. The van der Waals surface area contributed by atoms with Gasteiger partial charge in [-0.25, -0.2) is 0 Å². The molecule has 8 heteroatoms. The number of carbonyl (C=O) groups excluding carboxylic acids is 1. The minimum absolute atomic E-state index is 0.216. The van der Waals surface area contributed by atoms with Crippen LogP contribution in [0.4, 0.5) is 18.9 Å². The summed E-state index contributed by atoms with van der Waals surface area (Å²) >= 11 is 0. The first-order valence-corrected chi connectivity index (χ1v) is 4.63. The van der Waals surface area contributed by atoms with Gasteiger partial charge in [0.1, 0.15) is 5.75 Å². The molecule has 0 radical (unpaired) electrons. The van der Waals surface area contributed by atoms with Crippen molar-refractivity contribution in [3.05, 3.63) is 33.4 Å². The number of ketones is 1. The van der Waals surface area contributed by atoms with Gasteiger partial charge in [0.2, 0.25) is 0 Å². The van der Waals surface area contributed by atoms with E-state index in [1.807, 2.05) is 0 Å². The number of methoxy groups -OCH3 is 1. The summed E-state index contributed by atoms with van der Waals surface area (Å²) < 4.78 is 42.6. The van der Waals surface area contributed by atoms with Crippen molar-refractivity contribution >= 4 is 11.5 Å². The summed E-state index contributed by atoms with van der Waals surface area (Å²) in [5, 5.41) is 10.7. The fourth-order valence-electron chi connectivity index (χ4n) is 1.39. The predicted molar refractivity (Wildman–Crippen MR) is 54.7 cm³/mol. The summed E-state index contributed by atoms with van der Waals surface area (Å²) in [6, 6.07) is 1.42. The third-order valence-corrected chi connectivity index (χ3v) is 2.19. The van der Waals surface area contributed by atoms with Crippen LogP contribution in [-0.2, 0) is 6.18 Å². The van der Waals surface area contributed by atoms with Crippen LogP contribution >= 0.6 is 0 Å². The molecular formula is C10H8F3NO4. The fourth-order valence-corrected chi connectivity index (χ4v) is 1.39. The molecule has 0 amide bonds. The number of nitro benzene ring substituents is 1. The molecule has 1 aromatic rings. The molecular weight excluding hydrogens is 255 g/mol. The minimum atomic E-state index is -4.94. The van der Waals surface area contributed by atoms with Crippen molar-refractivity contribution in [3.8, 4) is 5.75 Å². The van der Waals surface area contributed by atoms with Crippen LogP contribution in [0.5, 0.6) is 5.75 Å². The molecule has 0 atom stereocenters. The van der Waals surface area contributed by atoms with Gasteiger partial charge in [0.15, 0.2) is 11.3 Å². The van der Waals surface area contributed by atoms with Gasteiger partial charge in [0.25, 0.3) is 5.69 Å². The van der Waals surface area contributed by atoms with Gasteiger partial charge >= 0.3 is 6.18 Å². The maximum absolute atomic E-state index is 12.7.